The molecule has 0 fully saturated rings. The van der Waals surface area contributed by atoms with Gasteiger partial charge in [0, 0.05) is 12.2 Å². The maximum Gasteiger partial charge on any atom is 0.416 e. The summed E-state index contributed by atoms with van der Waals surface area (Å²) in [5.41, 5.74) is 0.498. The van der Waals surface area contributed by atoms with E-state index in [0.29, 0.717) is 11.5 Å². The van der Waals surface area contributed by atoms with Crippen molar-refractivity contribution < 1.29 is 23.1 Å². The highest BCUT2D eigenvalue weighted by Crippen LogP contribution is 2.34. The molecule has 0 spiro atoms. The Morgan fingerprint density at radius 1 is 1.32 bits per heavy atom. The molecule has 4 nitrogen and oxygen atoms in total. The minimum Gasteiger partial charge on any atom is -0.476 e. The molecular formula is C18H17F3N2O2. The number of hydrogen-bond donors (Lipinski definition) is 1. The number of carbonyl (C=O) groups is 1. The van der Waals surface area contributed by atoms with Crippen LogP contribution in [0.3, 0.4) is 0 Å². The standard InChI is InChI=1S/C18H17F3N2O2/c1-11-15(17(24)25)22-16(12-6-2-3-7-12)23(11)10-13-8-4-5-9-14(13)18(19,20)21/h4-6,8-9H,2-3,7,10H2,1H3,(H,24,25). The van der Waals surface area contributed by atoms with E-state index >= 15 is 0 Å². The average molecular weight is 350 g/mol. The van der Waals surface area contributed by atoms with Crippen LogP contribution in [0.15, 0.2) is 30.3 Å². The van der Waals surface area contributed by atoms with Crippen LogP contribution in [0.4, 0.5) is 13.2 Å². The molecule has 0 unspecified atom stereocenters. The van der Waals surface area contributed by atoms with E-state index in [1.165, 1.54) is 12.1 Å². The molecule has 0 atom stereocenters. The van der Waals surface area contributed by atoms with Gasteiger partial charge in [-0.3, -0.25) is 0 Å². The molecule has 132 valence electrons. The average Bonchev–Trinajstić information content (AvgIpc) is 3.16. The molecular weight excluding hydrogens is 333 g/mol. The first kappa shape index (κ1) is 17.3. The predicted molar refractivity (Wildman–Crippen MR) is 86.3 cm³/mol. The van der Waals surface area contributed by atoms with Gasteiger partial charge in [-0.2, -0.15) is 13.2 Å². The van der Waals surface area contributed by atoms with Gasteiger partial charge in [-0.25, -0.2) is 9.78 Å². The summed E-state index contributed by atoms with van der Waals surface area (Å²) in [4.78, 5) is 15.6. The Kier molecular flexibility index (Phi) is 4.41. The Hall–Kier alpha value is -2.57. The lowest BCUT2D eigenvalue weighted by atomic mass is 10.1. The summed E-state index contributed by atoms with van der Waals surface area (Å²) in [6, 6.07) is 5.34. The van der Waals surface area contributed by atoms with Crippen LogP contribution in [0.1, 0.15) is 52.4 Å². The van der Waals surface area contributed by atoms with Gasteiger partial charge in [0.2, 0.25) is 0 Å². The first-order valence-electron chi connectivity index (χ1n) is 7.94. The van der Waals surface area contributed by atoms with Crippen LogP contribution in [0.5, 0.6) is 0 Å². The lowest BCUT2D eigenvalue weighted by Gasteiger charge is -2.16. The summed E-state index contributed by atoms with van der Waals surface area (Å²) >= 11 is 0. The van der Waals surface area contributed by atoms with Gasteiger partial charge in [0.05, 0.1) is 5.56 Å². The summed E-state index contributed by atoms with van der Waals surface area (Å²) in [5, 5.41) is 9.32. The van der Waals surface area contributed by atoms with Crippen molar-refractivity contribution in [2.75, 3.05) is 0 Å². The minimum atomic E-state index is -4.46. The lowest BCUT2D eigenvalue weighted by Crippen LogP contribution is -2.14. The van der Waals surface area contributed by atoms with Crippen molar-refractivity contribution in [3.05, 3.63) is 58.7 Å². The number of carboxylic acid groups (broad SMARTS) is 1. The third kappa shape index (κ3) is 3.31. The second-order valence-corrected chi connectivity index (χ2v) is 6.04. The number of rotatable bonds is 4. The zero-order valence-electron chi connectivity index (χ0n) is 13.6. The SMILES string of the molecule is Cc1c(C(=O)O)nc(C2=CCCC2)n1Cc1ccccc1C(F)(F)F. The molecule has 1 aromatic carbocycles. The number of aromatic nitrogens is 2. The molecule has 1 N–H and O–H groups in total. The number of nitrogens with zero attached hydrogens (tertiary/aromatic N) is 2. The highest BCUT2D eigenvalue weighted by atomic mass is 19.4. The Balaban J connectivity index is 2.10. The molecule has 0 radical (unpaired) electrons. The van der Waals surface area contributed by atoms with Crippen LogP contribution >= 0.6 is 0 Å². The number of aromatic carboxylic acids is 1. The Morgan fingerprint density at radius 3 is 2.64 bits per heavy atom. The molecule has 2 aromatic rings. The van der Waals surface area contributed by atoms with Gasteiger partial charge in [0.25, 0.3) is 0 Å². The molecule has 0 amide bonds. The molecule has 0 bridgehead atoms. The first-order valence-corrected chi connectivity index (χ1v) is 7.94. The third-order valence-corrected chi connectivity index (χ3v) is 4.40. The second-order valence-electron chi connectivity index (χ2n) is 6.04. The molecule has 1 aromatic heterocycles. The van der Waals surface area contributed by atoms with E-state index in [0.717, 1.165) is 30.9 Å². The third-order valence-electron chi connectivity index (χ3n) is 4.40. The van der Waals surface area contributed by atoms with Gasteiger partial charge in [-0.05, 0) is 43.4 Å². The van der Waals surface area contributed by atoms with E-state index in [4.69, 9.17) is 0 Å². The van der Waals surface area contributed by atoms with Crippen molar-refractivity contribution in [2.24, 2.45) is 0 Å². The highest BCUT2D eigenvalue weighted by molar-refractivity contribution is 5.87. The Labute approximate surface area is 142 Å². The second kappa shape index (κ2) is 6.38. The van der Waals surface area contributed by atoms with Crippen LogP contribution in [-0.4, -0.2) is 20.6 Å². The Morgan fingerprint density at radius 2 is 2.04 bits per heavy atom. The molecule has 1 aliphatic carbocycles. The van der Waals surface area contributed by atoms with Crippen LogP contribution in [0.25, 0.3) is 5.57 Å². The molecule has 0 saturated heterocycles. The summed E-state index contributed by atoms with van der Waals surface area (Å²) in [7, 11) is 0. The fraction of sp³-hybridized carbons (Fsp3) is 0.333. The van der Waals surface area contributed by atoms with Gasteiger partial charge >= 0.3 is 12.1 Å². The summed E-state index contributed by atoms with van der Waals surface area (Å²) in [6.45, 7) is 1.50. The Bertz CT molecular complexity index is 850. The molecule has 0 saturated carbocycles. The van der Waals surface area contributed by atoms with E-state index in [1.807, 2.05) is 6.08 Å². The van der Waals surface area contributed by atoms with Crippen molar-refractivity contribution in [3.63, 3.8) is 0 Å². The monoisotopic (exact) mass is 350 g/mol. The zero-order valence-corrected chi connectivity index (χ0v) is 13.6. The number of imidazole rings is 1. The van der Waals surface area contributed by atoms with Crippen LogP contribution in [0, 0.1) is 6.92 Å². The topological polar surface area (TPSA) is 55.1 Å². The lowest BCUT2D eigenvalue weighted by molar-refractivity contribution is -0.138. The molecule has 1 heterocycles. The highest BCUT2D eigenvalue weighted by Gasteiger charge is 2.33. The van der Waals surface area contributed by atoms with Crippen LogP contribution in [0.2, 0.25) is 0 Å². The number of halogens is 3. The van der Waals surface area contributed by atoms with E-state index in [9.17, 15) is 23.1 Å². The molecule has 3 rings (SSSR count). The van der Waals surface area contributed by atoms with Gasteiger partial charge in [0.1, 0.15) is 5.82 Å². The van der Waals surface area contributed by atoms with Crippen LogP contribution in [-0.2, 0) is 12.7 Å². The summed E-state index contributed by atoms with van der Waals surface area (Å²) < 4.78 is 41.3. The number of benzene rings is 1. The van der Waals surface area contributed by atoms with Gasteiger partial charge in [-0.1, -0.05) is 24.3 Å². The van der Waals surface area contributed by atoms with E-state index in [-0.39, 0.29) is 17.8 Å². The maximum absolute atomic E-state index is 13.3. The van der Waals surface area contributed by atoms with E-state index < -0.39 is 17.7 Å². The van der Waals surface area contributed by atoms with Gasteiger partial charge in [-0.15, -0.1) is 0 Å². The van der Waals surface area contributed by atoms with E-state index in [2.05, 4.69) is 4.98 Å². The van der Waals surface area contributed by atoms with Crippen LogP contribution < -0.4 is 0 Å². The maximum atomic E-state index is 13.3. The fourth-order valence-corrected chi connectivity index (χ4v) is 3.15. The normalized spacial score (nSPS) is 14.6. The number of allylic oxidation sites excluding steroid dienone is 2. The van der Waals surface area contributed by atoms with Crippen molar-refractivity contribution in [1.82, 2.24) is 9.55 Å². The first-order chi connectivity index (χ1) is 11.8. The zero-order chi connectivity index (χ0) is 18.2. The van der Waals surface area contributed by atoms with Gasteiger partial charge < -0.3 is 9.67 Å². The molecule has 0 aliphatic heterocycles. The van der Waals surface area contributed by atoms with Crippen molar-refractivity contribution >= 4 is 11.5 Å². The fourth-order valence-electron chi connectivity index (χ4n) is 3.15. The van der Waals surface area contributed by atoms with E-state index in [1.54, 1.807) is 17.6 Å². The van der Waals surface area contributed by atoms with Crippen molar-refractivity contribution in [2.45, 2.75) is 38.9 Å². The molecule has 7 heteroatoms. The largest absolute Gasteiger partial charge is 0.476 e. The minimum absolute atomic E-state index is 0.0749. The number of carboxylic acids is 1. The quantitative estimate of drug-likeness (QED) is 0.882. The smallest absolute Gasteiger partial charge is 0.416 e. The molecule has 1 aliphatic rings. The van der Waals surface area contributed by atoms with Crippen molar-refractivity contribution in [3.8, 4) is 0 Å². The molecule has 25 heavy (non-hydrogen) atoms. The van der Waals surface area contributed by atoms with Gasteiger partial charge in [0.15, 0.2) is 5.69 Å². The summed E-state index contributed by atoms with van der Waals surface area (Å²) in [5.74, 6) is -0.732. The predicted octanol–water partition coefficient (Wildman–Crippen LogP) is 4.52. The number of hydrogen-bond acceptors (Lipinski definition) is 2. The number of alkyl halides is 3. The summed E-state index contributed by atoms with van der Waals surface area (Å²) in [6.07, 6.45) is 0.0507. The van der Waals surface area contributed by atoms with Crippen molar-refractivity contribution in [1.29, 1.82) is 0 Å².